The quantitative estimate of drug-likeness (QED) is 0.711. The van der Waals surface area contributed by atoms with Gasteiger partial charge in [-0.05, 0) is 80.6 Å². The molecule has 1 amide bonds. The van der Waals surface area contributed by atoms with Crippen LogP contribution < -0.4 is 10.0 Å². The van der Waals surface area contributed by atoms with E-state index in [2.05, 4.69) is 10.0 Å². The highest BCUT2D eigenvalue weighted by Crippen LogP contribution is 2.21. The smallest absolute Gasteiger partial charge is 0.262 e. The predicted octanol–water partition coefficient (Wildman–Crippen LogP) is 2.97. The topological polar surface area (TPSA) is 95.5 Å². The molecule has 6 nitrogen and oxygen atoms in total. The van der Waals surface area contributed by atoms with E-state index in [9.17, 15) is 22.7 Å². The molecule has 0 aromatic heterocycles. The Balaban J connectivity index is 1.66. The Kier molecular flexibility index (Phi) is 6.00. The van der Waals surface area contributed by atoms with Crippen LogP contribution in [0.3, 0.4) is 0 Å². The molecule has 8 heteroatoms. The van der Waals surface area contributed by atoms with Crippen LogP contribution in [0.1, 0.15) is 41.6 Å². The zero-order chi connectivity index (χ0) is 20.3. The molecule has 3 N–H and O–H groups in total. The van der Waals surface area contributed by atoms with Crippen LogP contribution in [0.25, 0.3) is 0 Å². The fourth-order valence-electron chi connectivity index (χ4n) is 3.30. The summed E-state index contributed by atoms with van der Waals surface area (Å²) in [5, 5.41) is 12.5. The zero-order valence-electron chi connectivity index (χ0n) is 15.5. The molecule has 0 radical (unpaired) electrons. The molecule has 0 atom stereocenters. The van der Waals surface area contributed by atoms with Crippen molar-refractivity contribution >= 4 is 21.6 Å². The minimum absolute atomic E-state index is 0.00444. The van der Waals surface area contributed by atoms with E-state index in [1.165, 1.54) is 25.1 Å². The Morgan fingerprint density at radius 1 is 1.07 bits per heavy atom. The summed E-state index contributed by atoms with van der Waals surface area (Å²) in [5.41, 5.74) is 1.04. The summed E-state index contributed by atoms with van der Waals surface area (Å²) in [7, 11) is -3.86. The number of amides is 1. The number of sulfonamides is 1. The van der Waals surface area contributed by atoms with Crippen LogP contribution in [0.2, 0.25) is 0 Å². The van der Waals surface area contributed by atoms with E-state index in [1.54, 1.807) is 12.1 Å². The third-order valence-electron chi connectivity index (χ3n) is 4.86. The number of aryl methyl sites for hydroxylation is 1. The molecule has 0 bridgehead atoms. The maximum atomic E-state index is 13.2. The third kappa shape index (κ3) is 4.88. The number of rotatable bonds is 5. The second kappa shape index (κ2) is 8.28. The second-order valence-electron chi connectivity index (χ2n) is 7.07. The van der Waals surface area contributed by atoms with Crippen molar-refractivity contribution in [2.45, 2.75) is 49.6 Å². The molecule has 1 fully saturated rings. The predicted molar refractivity (Wildman–Crippen MR) is 104 cm³/mol. The van der Waals surface area contributed by atoms with E-state index in [-0.39, 0.29) is 22.9 Å². The standard InChI is InChI=1S/C20H23FN2O4S/c1-13-12-15(21)4-11-19(13)28(26,27)23-17-5-2-14(3-6-17)20(25)22-16-7-9-18(24)10-8-16/h2-6,11-12,16,18,23-24H,7-10H2,1H3,(H,22,25). The average Bonchev–Trinajstić information content (AvgIpc) is 2.63. The number of carbonyl (C=O) groups is 1. The van der Waals surface area contributed by atoms with Crippen LogP contribution in [0.5, 0.6) is 0 Å². The van der Waals surface area contributed by atoms with Gasteiger partial charge in [0.1, 0.15) is 5.82 Å². The Morgan fingerprint density at radius 3 is 2.32 bits per heavy atom. The van der Waals surface area contributed by atoms with Crippen molar-refractivity contribution < 1.29 is 22.7 Å². The minimum Gasteiger partial charge on any atom is -0.393 e. The number of benzene rings is 2. The SMILES string of the molecule is Cc1cc(F)ccc1S(=O)(=O)Nc1ccc(C(=O)NC2CCC(O)CC2)cc1. The van der Waals surface area contributed by atoms with Crippen molar-refractivity contribution in [1.29, 1.82) is 0 Å². The molecule has 2 aromatic rings. The van der Waals surface area contributed by atoms with Gasteiger partial charge < -0.3 is 10.4 Å². The Morgan fingerprint density at radius 2 is 1.71 bits per heavy atom. The van der Waals surface area contributed by atoms with Gasteiger partial charge in [-0.2, -0.15) is 0 Å². The molecular weight excluding hydrogens is 383 g/mol. The van der Waals surface area contributed by atoms with E-state index >= 15 is 0 Å². The van der Waals surface area contributed by atoms with Crippen LogP contribution in [0, 0.1) is 12.7 Å². The number of aliphatic hydroxyl groups excluding tert-OH is 1. The fraction of sp³-hybridized carbons (Fsp3) is 0.350. The lowest BCUT2D eigenvalue weighted by Crippen LogP contribution is -2.38. The number of aliphatic hydroxyl groups is 1. The van der Waals surface area contributed by atoms with Crippen molar-refractivity contribution in [3.63, 3.8) is 0 Å². The normalized spacial score (nSPS) is 19.8. The van der Waals surface area contributed by atoms with Gasteiger partial charge in [-0.3, -0.25) is 9.52 Å². The molecule has 1 saturated carbocycles. The average molecular weight is 406 g/mol. The maximum Gasteiger partial charge on any atom is 0.262 e. The first-order chi connectivity index (χ1) is 13.2. The Bertz CT molecular complexity index is 953. The molecule has 0 unspecified atom stereocenters. The molecule has 28 heavy (non-hydrogen) atoms. The van der Waals surface area contributed by atoms with Gasteiger partial charge in [0.15, 0.2) is 0 Å². The molecule has 3 rings (SSSR count). The molecule has 1 aliphatic rings. The van der Waals surface area contributed by atoms with Gasteiger partial charge >= 0.3 is 0 Å². The number of nitrogens with one attached hydrogen (secondary N) is 2. The second-order valence-corrected chi connectivity index (χ2v) is 8.72. The van der Waals surface area contributed by atoms with Crippen LogP contribution >= 0.6 is 0 Å². The summed E-state index contributed by atoms with van der Waals surface area (Å²) < 4.78 is 40.7. The van der Waals surface area contributed by atoms with Crippen LogP contribution in [0.15, 0.2) is 47.4 Å². The summed E-state index contributed by atoms with van der Waals surface area (Å²) >= 11 is 0. The van der Waals surface area contributed by atoms with E-state index in [1.807, 2.05) is 0 Å². The van der Waals surface area contributed by atoms with Crippen LogP contribution in [-0.4, -0.2) is 31.6 Å². The lowest BCUT2D eigenvalue weighted by atomic mass is 9.93. The van der Waals surface area contributed by atoms with E-state index in [0.29, 0.717) is 29.7 Å². The van der Waals surface area contributed by atoms with Gasteiger partial charge in [0.2, 0.25) is 0 Å². The molecule has 0 saturated heterocycles. The van der Waals surface area contributed by atoms with Crippen LogP contribution in [-0.2, 0) is 10.0 Å². The minimum atomic E-state index is -3.86. The maximum absolute atomic E-state index is 13.2. The number of halogens is 1. The van der Waals surface area contributed by atoms with Gasteiger partial charge in [0, 0.05) is 17.3 Å². The summed E-state index contributed by atoms with van der Waals surface area (Å²) in [6, 6.07) is 9.62. The summed E-state index contributed by atoms with van der Waals surface area (Å²) in [5.74, 6) is -0.732. The lowest BCUT2D eigenvalue weighted by Gasteiger charge is -2.26. The first kappa shape index (κ1) is 20.3. The molecule has 0 aliphatic heterocycles. The first-order valence-electron chi connectivity index (χ1n) is 9.12. The van der Waals surface area contributed by atoms with E-state index in [4.69, 9.17) is 0 Å². The van der Waals surface area contributed by atoms with Gasteiger partial charge in [-0.25, -0.2) is 12.8 Å². The van der Waals surface area contributed by atoms with Crippen molar-refractivity contribution in [3.8, 4) is 0 Å². The van der Waals surface area contributed by atoms with Crippen molar-refractivity contribution in [2.24, 2.45) is 0 Å². The number of carbonyl (C=O) groups excluding carboxylic acids is 1. The molecular formula is C20H23FN2O4S. The van der Waals surface area contributed by atoms with Crippen molar-refractivity contribution in [3.05, 3.63) is 59.4 Å². The summed E-state index contributed by atoms with van der Waals surface area (Å²) in [6.45, 7) is 1.52. The van der Waals surface area contributed by atoms with Gasteiger partial charge in [-0.15, -0.1) is 0 Å². The molecule has 2 aromatic carbocycles. The summed E-state index contributed by atoms with van der Waals surface area (Å²) in [4.78, 5) is 12.3. The largest absolute Gasteiger partial charge is 0.393 e. The first-order valence-corrected chi connectivity index (χ1v) is 10.6. The highest BCUT2D eigenvalue weighted by molar-refractivity contribution is 7.92. The lowest BCUT2D eigenvalue weighted by molar-refractivity contribution is 0.0867. The van der Waals surface area contributed by atoms with Crippen molar-refractivity contribution in [1.82, 2.24) is 5.32 Å². The highest BCUT2D eigenvalue weighted by atomic mass is 32.2. The Hall–Kier alpha value is -2.45. The molecule has 0 spiro atoms. The zero-order valence-corrected chi connectivity index (χ0v) is 16.3. The summed E-state index contributed by atoms with van der Waals surface area (Å²) in [6.07, 6.45) is 2.54. The molecule has 1 aliphatic carbocycles. The van der Waals surface area contributed by atoms with Gasteiger partial charge in [0.25, 0.3) is 15.9 Å². The molecule has 150 valence electrons. The number of hydrogen-bond acceptors (Lipinski definition) is 4. The molecule has 0 heterocycles. The van der Waals surface area contributed by atoms with Crippen LogP contribution in [0.4, 0.5) is 10.1 Å². The third-order valence-corrected chi connectivity index (χ3v) is 6.40. The number of anilines is 1. The van der Waals surface area contributed by atoms with Gasteiger partial charge in [0.05, 0.1) is 11.0 Å². The highest BCUT2D eigenvalue weighted by Gasteiger charge is 2.21. The Labute approximate surface area is 163 Å². The monoisotopic (exact) mass is 406 g/mol. The number of hydrogen-bond donors (Lipinski definition) is 3. The fourth-order valence-corrected chi connectivity index (χ4v) is 4.59. The van der Waals surface area contributed by atoms with Crippen molar-refractivity contribution in [2.75, 3.05) is 4.72 Å². The van der Waals surface area contributed by atoms with E-state index in [0.717, 1.165) is 25.0 Å². The van der Waals surface area contributed by atoms with Gasteiger partial charge in [-0.1, -0.05) is 0 Å². The van der Waals surface area contributed by atoms with E-state index < -0.39 is 15.8 Å².